The van der Waals surface area contributed by atoms with E-state index in [-0.39, 0.29) is 11.8 Å². The number of carbonyl (C=O) groups is 2. The predicted molar refractivity (Wildman–Crippen MR) is 141 cm³/mol. The van der Waals surface area contributed by atoms with E-state index in [9.17, 15) is 9.59 Å². The SMILES string of the molecule is CCOc1cc(/C=C2/SC(=O)N(c3ccc(Cl)cc3)C2=O)cc(Br)c1OCc1ccccc1Cl. The molecule has 0 radical (unpaired) electrons. The first-order valence-electron chi connectivity index (χ1n) is 10.2. The number of anilines is 1. The lowest BCUT2D eigenvalue weighted by Crippen LogP contribution is -2.27. The van der Waals surface area contributed by atoms with Gasteiger partial charge in [0.2, 0.25) is 0 Å². The van der Waals surface area contributed by atoms with Gasteiger partial charge in [0.1, 0.15) is 6.61 Å². The normalized spacial score (nSPS) is 14.7. The van der Waals surface area contributed by atoms with Gasteiger partial charge in [-0.1, -0.05) is 41.4 Å². The molecule has 0 aromatic heterocycles. The molecule has 1 saturated heterocycles. The van der Waals surface area contributed by atoms with Gasteiger partial charge in [-0.15, -0.1) is 0 Å². The Labute approximate surface area is 219 Å². The summed E-state index contributed by atoms with van der Waals surface area (Å²) in [5.41, 5.74) is 2.00. The summed E-state index contributed by atoms with van der Waals surface area (Å²) >= 11 is 16.6. The van der Waals surface area contributed by atoms with E-state index in [2.05, 4.69) is 15.9 Å². The fourth-order valence-corrected chi connectivity index (χ4v) is 5.00. The van der Waals surface area contributed by atoms with Crippen molar-refractivity contribution in [2.24, 2.45) is 0 Å². The molecule has 3 aromatic rings. The van der Waals surface area contributed by atoms with E-state index in [1.807, 2.05) is 25.1 Å². The summed E-state index contributed by atoms with van der Waals surface area (Å²) in [5.74, 6) is 0.630. The van der Waals surface area contributed by atoms with Gasteiger partial charge in [-0.3, -0.25) is 9.59 Å². The fourth-order valence-electron chi connectivity index (χ4n) is 3.27. The Morgan fingerprint density at radius 1 is 1.03 bits per heavy atom. The molecular weight excluding hydrogens is 561 g/mol. The van der Waals surface area contributed by atoms with Crippen LogP contribution in [0.3, 0.4) is 0 Å². The van der Waals surface area contributed by atoms with E-state index < -0.39 is 5.91 Å². The molecule has 0 atom stereocenters. The molecule has 1 aliphatic rings. The minimum atomic E-state index is -0.398. The molecule has 0 N–H and O–H groups in total. The Morgan fingerprint density at radius 3 is 2.47 bits per heavy atom. The van der Waals surface area contributed by atoms with Gasteiger partial charge in [0.15, 0.2) is 11.5 Å². The van der Waals surface area contributed by atoms with E-state index in [0.717, 1.165) is 22.2 Å². The Balaban J connectivity index is 1.60. The summed E-state index contributed by atoms with van der Waals surface area (Å²) in [6, 6.07) is 17.6. The van der Waals surface area contributed by atoms with Gasteiger partial charge in [-0.05, 0) is 88.7 Å². The summed E-state index contributed by atoms with van der Waals surface area (Å²) in [6.07, 6.45) is 1.66. The molecule has 0 spiro atoms. The topological polar surface area (TPSA) is 55.8 Å². The lowest BCUT2D eigenvalue weighted by atomic mass is 10.1. The van der Waals surface area contributed by atoms with Gasteiger partial charge in [-0.25, -0.2) is 4.90 Å². The molecule has 34 heavy (non-hydrogen) atoms. The second kappa shape index (κ2) is 10.9. The van der Waals surface area contributed by atoms with Crippen molar-refractivity contribution in [3.8, 4) is 11.5 Å². The van der Waals surface area contributed by atoms with Crippen LogP contribution in [0.2, 0.25) is 10.0 Å². The first-order chi connectivity index (χ1) is 16.4. The van der Waals surface area contributed by atoms with Crippen molar-refractivity contribution in [1.29, 1.82) is 0 Å². The standard InChI is InChI=1S/C25H18BrCl2NO4S/c1-2-32-21-12-15(11-19(26)23(21)33-14-16-5-3-4-6-20(16)28)13-22-24(30)29(25(31)34-22)18-9-7-17(27)8-10-18/h3-13H,2,14H2,1H3/b22-13+. The highest BCUT2D eigenvalue weighted by Gasteiger charge is 2.36. The minimum absolute atomic E-state index is 0.262. The van der Waals surface area contributed by atoms with Crippen LogP contribution in [0.25, 0.3) is 6.08 Å². The highest BCUT2D eigenvalue weighted by molar-refractivity contribution is 9.10. The van der Waals surface area contributed by atoms with Gasteiger partial charge >= 0.3 is 0 Å². The number of nitrogens with zero attached hydrogens (tertiary/aromatic N) is 1. The molecule has 1 fully saturated rings. The van der Waals surface area contributed by atoms with Crippen LogP contribution < -0.4 is 14.4 Å². The molecule has 0 unspecified atom stereocenters. The van der Waals surface area contributed by atoms with E-state index >= 15 is 0 Å². The lowest BCUT2D eigenvalue weighted by Gasteiger charge is -2.15. The quantitative estimate of drug-likeness (QED) is 0.266. The molecule has 5 nitrogen and oxygen atoms in total. The van der Waals surface area contributed by atoms with Gasteiger partial charge in [0.25, 0.3) is 11.1 Å². The van der Waals surface area contributed by atoms with Crippen LogP contribution in [0.15, 0.2) is 70.0 Å². The maximum Gasteiger partial charge on any atom is 0.298 e. The zero-order valence-electron chi connectivity index (χ0n) is 17.9. The zero-order valence-corrected chi connectivity index (χ0v) is 21.8. The fraction of sp³-hybridized carbons (Fsp3) is 0.120. The Kier molecular flexibility index (Phi) is 7.88. The van der Waals surface area contributed by atoms with Crippen molar-refractivity contribution in [3.63, 3.8) is 0 Å². The van der Waals surface area contributed by atoms with E-state index in [4.69, 9.17) is 32.7 Å². The largest absolute Gasteiger partial charge is 0.490 e. The smallest absolute Gasteiger partial charge is 0.298 e. The highest BCUT2D eigenvalue weighted by atomic mass is 79.9. The number of benzene rings is 3. The number of halogens is 3. The Morgan fingerprint density at radius 2 is 1.76 bits per heavy atom. The number of rotatable bonds is 7. The summed E-state index contributed by atoms with van der Waals surface area (Å²) in [4.78, 5) is 26.9. The summed E-state index contributed by atoms with van der Waals surface area (Å²) < 4.78 is 12.5. The zero-order chi connectivity index (χ0) is 24.2. The number of thioether (sulfide) groups is 1. The number of hydrogen-bond acceptors (Lipinski definition) is 5. The van der Waals surface area contributed by atoms with Gasteiger partial charge in [-0.2, -0.15) is 0 Å². The summed E-state index contributed by atoms with van der Waals surface area (Å²) in [6.45, 7) is 2.55. The number of hydrogen-bond donors (Lipinski definition) is 0. The number of amides is 2. The molecule has 1 heterocycles. The molecule has 0 bridgehead atoms. The van der Waals surface area contributed by atoms with Crippen LogP contribution in [0.4, 0.5) is 10.5 Å². The van der Waals surface area contributed by atoms with Gasteiger partial charge in [0.05, 0.1) is 21.7 Å². The first kappa shape index (κ1) is 24.7. The highest BCUT2D eigenvalue weighted by Crippen LogP contribution is 2.40. The van der Waals surface area contributed by atoms with Crippen LogP contribution in [0.5, 0.6) is 11.5 Å². The molecule has 0 saturated carbocycles. The summed E-state index contributed by atoms with van der Waals surface area (Å²) in [7, 11) is 0. The third-order valence-electron chi connectivity index (χ3n) is 4.84. The molecular formula is C25H18BrCl2NO4S. The van der Waals surface area contributed by atoms with Crippen LogP contribution in [-0.2, 0) is 11.4 Å². The van der Waals surface area contributed by atoms with Crippen molar-refractivity contribution in [2.45, 2.75) is 13.5 Å². The lowest BCUT2D eigenvalue weighted by molar-refractivity contribution is -0.113. The van der Waals surface area contributed by atoms with Gasteiger partial charge < -0.3 is 9.47 Å². The molecule has 174 valence electrons. The number of imide groups is 1. The first-order valence-corrected chi connectivity index (χ1v) is 12.6. The molecule has 0 aliphatic carbocycles. The second-order valence-electron chi connectivity index (χ2n) is 7.14. The maximum atomic E-state index is 13.0. The van der Waals surface area contributed by atoms with Crippen molar-refractivity contribution in [2.75, 3.05) is 11.5 Å². The molecule has 1 aliphatic heterocycles. The van der Waals surface area contributed by atoms with Crippen molar-refractivity contribution < 1.29 is 19.1 Å². The van der Waals surface area contributed by atoms with Crippen molar-refractivity contribution in [3.05, 3.63) is 91.2 Å². The number of ether oxygens (including phenoxy) is 2. The summed E-state index contributed by atoms with van der Waals surface area (Å²) in [5, 5.41) is 0.767. The maximum absolute atomic E-state index is 13.0. The molecule has 9 heteroatoms. The van der Waals surface area contributed by atoms with Crippen LogP contribution in [0, 0.1) is 0 Å². The molecule has 4 rings (SSSR count). The van der Waals surface area contributed by atoms with E-state index in [1.54, 1.807) is 48.5 Å². The van der Waals surface area contributed by atoms with E-state index in [0.29, 0.717) is 48.8 Å². The Hall–Kier alpha value is -2.45. The van der Waals surface area contributed by atoms with Crippen molar-refractivity contribution in [1.82, 2.24) is 0 Å². The monoisotopic (exact) mass is 577 g/mol. The third kappa shape index (κ3) is 5.44. The van der Waals surface area contributed by atoms with Crippen molar-refractivity contribution >= 4 is 73.8 Å². The van der Waals surface area contributed by atoms with Crippen LogP contribution in [-0.4, -0.2) is 17.8 Å². The average Bonchev–Trinajstić information content (AvgIpc) is 3.08. The second-order valence-corrected chi connectivity index (χ2v) is 9.83. The van der Waals surface area contributed by atoms with Crippen LogP contribution >= 0.6 is 50.9 Å². The van der Waals surface area contributed by atoms with Crippen LogP contribution in [0.1, 0.15) is 18.1 Å². The minimum Gasteiger partial charge on any atom is -0.490 e. The average molecular weight is 579 g/mol. The molecule has 2 amide bonds. The van der Waals surface area contributed by atoms with Gasteiger partial charge in [0, 0.05) is 15.6 Å². The Bertz CT molecular complexity index is 1280. The third-order valence-corrected chi connectivity index (χ3v) is 6.92. The predicted octanol–water partition coefficient (Wildman–Crippen LogP) is 7.97. The van der Waals surface area contributed by atoms with E-state index in [1.165, 1.54) is 0 Å². The molecule has 3 aromatic carbocycles. The number of carbonyl (C=O) groups excluding carboxylic acids is 2.